The first kappa shape index (κ1) is 14.8. The van der Waals surface area contributed by atoms with Gasteiger partial charge in [-0.2, -0.15) is 0 Å². The molecule has 2 rings (SSSR count). The van der Waals surface area contributed by atoms with Gasteiger partial charge in [0.2, 0.25) is 5.91 Å². The van der Waals surface area contributed by atoms with Crippen LogP contribution in [0.15, 0.2) is 47.4 Å². The number of rotatable bonds is 4. The fourth-order valence-electron chi connectivity index (χ4n) is 1.61. The summed E-state index contributed by atoms with van der Waals surface area (Å²) in [6.45, 7) is 2.03. The van der Waals surface area contributed by atoms with Crippen molar-refractivity contribution in [1.29, 1.82) is 0 Å². The number of amides is 1. The number of aryl methyl sites for hydroxylation is 1. The first-order valence-electron chi connectivity index (χ1n) is 6.09. The number of nitrogens with two attached hydrogens (primary N) is 1. The van der Waals surface area contributed by atoms with Crippen LogP contribution >= 0.6 is 23.4 Å². The molecule has 20 heavy (non-hydrogen) atoms. The van der Waals surface area contributed by atoms with Crippen LogP contribution in [-0.4, -0.2) is 11.7 Å². The van der Waals surface area contributed by atoms with E-state index in [2.05, 4.69) is 5.32 Å². The molecule has 0 spiro atoms. The minimum Gasteiger partial charge on any atom is -0.397 e. The van der Waals surface area contributed by atoms with Gasteiger partial charge in [-0.05, 0) is 37.3 Å². The van der Waals surface area contributed by atoms with E-state index in [-0.39, 0.29) is 5.91 Å². The fraction of sp³-hybridized carbons (Fsp3) is 0.133. The van der Waals surface area contributed by atoms with Crippen molar-refractivity contribution in [2.24, 2.45) is 0 Å². The van der Waals surface area contributed by atoms with E-state index in [1.54, 1.807) is 18.2 Å². The van der Waals surface area contributed by atoms with Crippen LogP contribution in [0.1, 0.15) is 5.56 Å². The second kappa shape index (κ2) is 6.68. The molecular weight excluding hydrogens is 292 g/mol. The summed E-state index contributed by atoms with van der Waals surface area (Å²) in [4.78, 5) is 12.9. The Balaban J connectivity index is 1.92. The lowest BCUT2D eigenvalue weighted by atomic mass is 10.2. The number of carbonyl (C=O) groups excluding carboxylic acids is 1. The third kappa shape index (κ3) is 4.18. The van der Waals surface area contributed by atoms with Crippen molar-refractivity contribution in [3.8, 4) is 0 Å². The third-order valence-corrected chi connectivity index (χ3v) is 3.93. The van der Waals surface area contributed by atoms with Gasteiger partial charge in [0.1, 0.15) is 0 Å². The van der Waals surface area contributed by atoms with Gasteiger partial charge < -0.3 is 11.1 Å². The summed E-state index contributed by atoms with van der Waals surface area (Å²) in [5.41, 5.74) is 8.03. The summed E-state index contributed by atoms with van der Waals surface area (Å²) in [5.74, 6) is 0.221. The second-order valence-electron chi connectivity index (χ2n) is 4.38. The molecule has 0 saturated carbocycles. The number of benzene rings is 2. The number of carbonyl (C=O) groups is 1. The molecule has 0 aromatic heterocycles. The molecule has 0 radical (unpaired) electrons. The summed E-state index contributed by atoms with van der Waals surface area (Å²) in [5, 5.41) is 3.31. The summed E-state index contributed by atoms with van der Waals surface area (Å²) in [6, 6.07) is 13.1. The SMILES string of the molecule is Cc1ccc(SCC(=O)Nc2cc(Cl)ccc2N)cc1. The number of halogens is 1. The molecular formula is C15H15ClN2OS. The predicted octanol–water partition coefficient (Wildman–Crippen LogP) is 3.96. The molecule has 0 bridgehead atoms. The van der Waals surface area contributed by atoms with E-state index in [1.807, 2.05) is 31.2 Å². The Kier molecular flexibility index (Phi) is 4.93. The van der Waals surface area contributed by atoms with Crippen molar-refractivity contribution in [3.05, 3.63) is 53.1 Å². The maximum atomic E-state index is 11.9. The molecule has 0 unspecified atom stereocenters. The lowest BCUT2D eigenvalue weighted by molar-refractivity contribution is -0.113. The van der Waals surface area contributed by atoms with Crippen LogP contribution in [0.5, 0.6) is 0 Å². The second-order valence-corrected chi connectivity index (χ2v) is 5.87. The first-order valence-corrected chi connectivity index (χ1v) is 7.45. The van der Waals surface area contributed by atoms with Gasteiger partial charge in [-0.3, -0.25) is 4.79 Å². The quantitative estimate of drug-likeness (QED) is 0.664. The lowest BCUT2D eigenvalue weighted by Crippen LogP contribution is -2.15. The van der Waals surface area contributed by atoms with Gasteiger partial charge in [-0.25, -0.2) is 0 Å². The highest BCUT2D eigenvalue weighted by atomic mass is 35.5. The number of hydrogen-bond acceptors (Lipinski definition) is 3. The summed E-state index contributed by atoms with van der Waals surface area (Å²) >= 11 is 7.36. The minimum absolute atomic E-state index is 0.107. The van der Waals surface area contributed by atoms with Crippen molar-refractivity contribution >= 4 is 40.6 Å². The largest absolute Gasteiger partial charge is 0.397 e. The van der Waals surface area contributed by atoms with E-state index in [0.717, 1.165) is 4.90 Å². The standard InChI is InChI=1S/C15H15ClN2OS/c1-10-2-5-12(6-3-10)20-9-15(19)18-14-8-11(16)4-7-13(14)17/h2-8H,9,17H2,1H3,(H,18,19). The molecule has 104 valence electrons. The molecule has 1 amide bonds. The van der Waals surface area contributed by atoms with Crippen molar-refractivity contribution in [1.82, 2.24) is 0 Å². The molecule has 0 aliphatic rings. The van der Waals surface area contributed by atoms with Gasteiger partial charge in [0.15, 0.2) is 0 Å². The zero-order valence-corrected chi connectivity index (χ0v) is 12.6. The van der Waals surface area contributed by atoms with Gasteiger partial charge in [0.05, 0.1) is 17.1 Å². The Hall–Kier alpha value is -1.65. The summed E-state index contributed by atoms with van der Waals surface area (Å²) in [6.07, 6.45) is 0. The summed E-state index contributed by atoms with van der Waals surface area (Å²) in [7, 11) is 0. The summed E-state index contributed by atoms with van der Waals surface area (Å²) < 4.78 is 0. The zero-order valence-electron chi connectivity index (χ0n) is 11.0. The number of nitrogens with one attached hydrogen (secondary N) is 1. The highest BCUT2D eigenvalue weighted by Gasteiger charge is 2.06. The number of thioether (sulfide) groups is 1. The Bertz CT molecular complexity index is 614. The maximum absolute atomic E-state index is 11.9. The highest BCUT2D eigenvalue weighted by molar-refractivity contribution is 8.00. The van der Waals surface area contributed by atoms with Crippen molar-refractivity contribution < 1.29 is 4.79 Å². The zero-order chi connectivity index (χ0) is 14.5. The van der Waals surface area contributed by atoms with Gasteiger partial charge in [0.25, 0.3) is 0 Å². The van der Waals surface area contributed by atoms with E-state index in [4.69, 9.17) is 17.3 Å². The van der Waals surface area contributed by atoms with Crippen LogP contribution in [0.3, 0.4) is 0 Å². The van der Waals surface area contributed by atoms with Gasteiger partial charge >= 0.3 is 0 Å². The highest BCUT2D eigenvalue weighted by Crippen LogP contribution is 2.24. The molecule has 0 fully saturated rings. The van der Waals surface area contributed by atoms with Crippen LogP contribution in [0.2, 0.25) is 5.02 Å². The van der Waals surface area contributed by atoms with Gasteiger partial charge in [0, 0.05) is 9.92 Å². The number of hydrogen-bond donors (Lipinski definition) is 2. The van der Waals surface area contributed by atoms with Crippen molar-refractivity contribution in [2.75, 3.05) is 16.8 Å². The molecule has 3 N–H and O–H groups in total. The van der Waals surface area contributed by atoms with E-state index in [9.17, 15) is 4.79 Å². The first-order chi connectivity index (χ1) is 9.54. The van der Waals surface area contributed by atoms with E-state index >= 15 is 0 Å². The topological polar surface area (TPSA) is 55.1 Å². The van der Waals surface area contributed by atoms with Crippen molar-refractivity contribution in [3.63, 3.8) is 0 Å². The molecule has 2 aromatic carbocycles. The smallest absolute Gasteiger partial charge is 0.234 e. The minimum atomic E-state index is -0.107. The Morgan fingerprint density at radius 1 is 1.25 bits per heavy atom. The number of anilines is 2. The monoisotopic (exact) mass is 306 g/mol. The number of nitrogen functional groups attached to an aromatic ring is 1. The average Bonchev–Trinajstić information content (AvgIpc) is 2.42. The fourth-order valence-corrected chi connectivity index (χ4v) is 2.48. The third-order valence-electron chi connectivity index (χ3n) is 2.68. The van der Waals surface area contributed by atoms with E-state index < -0.39 is 0 Å². The van der Waals surface area contributed by atoms with Crippen LogP contribution in [0.4, 0.5) is 11.4 Å². The van der Waals surface area contributed by atoms with Gasteiger partial charge in [-0.1, -0.05) is 29.3 Å². The Morgan fingerprint density at radius 2 is 1.95 bits per heavy atom. The van der Waals surface area contributed by atoms with Crippen LogP contribution in [0, 0.1) is 6.92 Å². The predicted molar refractivity (Wildman–Crippen MR) is 86.4 cm³/mol. The molecule has 0 aliphatic heterocycles. The molecule has 3 nitrogen and oxygen atoms in total. The average molecular weight is 307 g/mol. The molecule has 2 aromatic rings. The molecule has 5 heteroatoms. The van der Waals surface area contributed by atoms with E-state index in [0.29, 0.717) is 22.2 Å². The van der Waals surface area contributed by atoms with Crippen LogP contribution < -0.4 is 11.1 Å². The maximum Gasteiger partial charge on any atom is 0.234 e. The van der Waals surface area contributed by atoms with Gasteiger partial charge in [-0.15, -0.1) is 11.8 Å². The Morgan fingerprint density at radius 3 is 2.65 bits per heavy atom. The Labute approximate surface area is 127 Å². The van der Waals surface area contributed by atoms with Crippen LogP contribution in [0.25, 0.3) is 0 Å². The molecule has 0 heterocycles. The van der Waals surface area contributed by atoms with Crippen molar-refractivity contribution in [2.45, 2.75) is 11.8 Å². The molecule has 0 aliphatic carbocycles. The lowest BCUT2D eigenvalue weighted by Gasteiger charge is -2.08. The normalized spacial score (nSPS) is 10.3. The molecule has 0 saturated heterocycles. The van der Waals surface area contributed by atoms with Crippen LogP contribution in [-0.2, 0) is 4.79 Å². The molecule has 0 atom stereocenters. The van der Waals surface area contributed by atoms with E-state index in [1.165, 1.54) is 17.3 Å².